The van der Waals surface area contributed by atoms with Gasteiger partial charge in [0, 0.05) is 0 Å². The van der Waals surface area contributed by atoms with Crippen LogP contribution < -0.4 is 5.73 Å². The SMILES string of the molecule is CSc1nc2c(N)cccc2o1. The minimum atomic E-state index is 0.655. The monoisotopic (exact) mass is 180 g/mol. The van der Waals surface area contributed by atoms with Gasteiger partial charge in [0.1, 0.15) is 5.52 Å². The van der Waals surface area contributed by atoms with Crippen LogP contribution in [0.3, 0.4) is 0 Å². The summed E-state index contributed by atoms with van der Waals surface area (Å²) < 4.78 is 5.37. The maximum absolute atomic E-state index is 5.69. The molecule has 2 rings (SSSR count). The van der Waals surface area contributed by atoms with Crippen molar-refractivity contribution < 1.29 is 4.42 Å². The molecule has 2 N–H and O–H groups in total. The molecule has 1 aromatic carbocycles. The van der Waals surface area contributed by atoms with Crippen LogP contribution in [-0.4, -0.2) is 11.2 Å². The quantitative estimate of drug-likeness (QED) is 0.539. The lowest BCUT2D eigenvalue weighted by atomic mass is 10.3. The molecule has 1 aromatic heterocycles. The van der Waals surface area contributed by atoms with E-state index in [1.54, 1.807) is 0 Å². The highest BCUT2D eigenvalue weighted by atomic mass is 32.2. The normalized spacial score (nSPS) is 10.8. The Labute approximate surface area is 74.0 Å². The van der Waals surface area contributed by atoms with E-state index in [1.807, 2.05) is 24.5 Å². The highest BCUT2D eigenvalue weighted by Gasteiger charge is 2.05. The van der Waals surface area contributed by atoms with Crippen molar-refractivity contribution in [1.29, 1.82) is 0 Å². The number of rotatable bonds is 1. The minimum Gasteiger partial charge on any atom is -0.431 e. The van der Waals surface area contributed by atoms with Gasteiger partial charge in [0.15, 0.2) is 5.58 Å². The summed E-state index contributed by atoms with van der Waals surface area (Å²) in [5, 5.41) is 0.655. The van der Waals surface area contributed by atoms with Crippen molar-refractivity contribution in [2.24, 2.45) is 0 Å². The number of thioether (sulfide) groups is 1. The van der Waals surface area contributed by atoms with Gasteiger partial charge in [0.05, 0.1) is 5.69 Å². The molecular formula is C8H8N2OS. The molecule has 0 aliphatic heterocycles. The van der Waals surface area contributed by atoms with E-state index >= 15 is 0 Å². The van der Waals surface area contributed by atoms with E-state index < -0.39 is 0 Å². The van der Waals surface area contributed by atoms with E-state index in [1.165, 1.54) is 11.8 Å². The third kappa shape index (κ3) is 1.04. The summed E-state index contributed by atoms with van der Waals surface area (Å²) in [5.74, 6) is 0. The molecule has 0 atom stereocenters. The molecule has 2 aromatic rings. The molecule has 0 radical (unpaired) electrons. The Kier molecular flexibility index (Phi) is 1.69. The lowest BCUT2D eigenvalue weighted by molar-refractivity contribution is 0.490. The summed E-state index contributed by atoms with van der Waals surface area (Å²) in [6.07, 6.45) is 1.92. The Morgan fingerprint density at radius 1 is 1.50 bits per heavy atom. The molecule has 0 bridgehead atoms. The maximum atomic E-state index is 5.69. The smallest absolute Gasteiger partial charge is 0.256 e. The molecule has 0 aliphatic carbocycles. The van der Waals surface area contributed by atoms with Crippen molar-refractivity contribution >= 4 is 28.5 Å². The topological polar surface area (TPSA) is 52.0 Å². The lowest BCUT2D eigenvalue weighted by Gasteiger charge is -1.89. The predicted octanol–water partition coefficient (Wildman–Crippen LogP) is 2.13. The van der Waals surface area contributed by atoms with Gasteiger partial charge in [-0.05, 0) is 18.4 Å². The molecular weight excluding hydrogens is 172 g/mol. The van der Waals surface area contributed by atoms with Crippen molar-refractivity contribution in [3.63, 3.8) is 0 Å². The van der Waals surface area contributed by atoms with Crippen LogP contribution in [0.1, 0.15) is 0 Å². The van der Waals surface area contributed by atoms with Gasteiger partial charge in [-0.3, -0.25) is 0 Å². The average Bonchev–Trinajstić information content (AvgIpc) is 2.49. The number of fused-ring (bicyclic) bond motifs is 1. The molecule has 0 saturated carbocycles. The number of nitrogens with zero attached hydrogens (tertiary/aromatic N) is 1. The van der Waals surface area contributed by atoms with Gasteiger partial charge >= 0.3 is 0 Å². The molecule has 12 heavy (non-hydrogen) atoms. The Morgan fingerprint density at radius 2 is 2.33 bits per heavy atom. The number of nitrogens with two attached hydrogens (primary N) is 1. The van der Waals surface area contributed by atoms with Gasteiger partial charge in [-0.25, -0.2) is 4.98 Å². The van der Waals surface area contributed by atoms with Crippen molar-refractivity contribution in [2.75, 3.05) is 12.0 Å². The first-order valence-corrected chi connectivity index (χ1v) is 4.73. The van der Waals surface area contributed by atoms with Crippen molar-refractivity contribution in [3.05, 3.63) is 18.2 Å². The fourth-order valence-corrected chi connectivity index (χ4v) is 1.39. The fourth-order valence-electron chi connectivity index (χ4n) is 1.04. The van der Waals surface area contributed by atoms with Gasteiger partial charge < -0.3 is 10.2 Å². The first-order chi connectivity index (χ1) is 5.81. The van der Waals surface area contributed by atoms with Crippen molar-refractivity contribution in [3.8, 4) is 0 Å². The number of aromatic nitrogens is 1. The van der Waals surface area contributed by atoms with Crippen LogP contribution in [-0.2, 0) is 0 Å². The molecule has 4 heteroatoms. The zero-order valence-corrected chi connectivity index (χ0v) is 7.39. The molecule has 1 heterocycles. The van der Waals surface area contributed by atoms with E-state index in [4.69, 9.17) is 10.2 Å². The van der Waals surface area contributed by atoms with Gasteiger partial charge in [0.25, 0.3) is 5.22 Å². The molecule has 0 spiro atoms. The highest BCUT2D eigenvalue weighted by Crippen LogP contribution is 2.24. The third-order valence-electron chi connectivity index (χ3n) is 1.61. The number of benzene rings is 1. The second-order valence-corrected chi connectivity index (χ2v) is 3.14. The zero-order valence-electron chi connectivity index (χ0n) is 6.57. The molecule has 3 nitrogen and oxygen atoms in total. The summed E-state index contributed by atoms with van der Waals surface area (Å²) >= 11 is 1.47. The molecule has 0 amide bonds. The Hall–Kier alpha value is -1.16. The first kappa shape index (κ1) is 7.49. The summed E-state index contributed by atoms with van der Waals surface area (Å²) in [4.78, 5) is 4.20. The van der Waals surface area contributed by atoms with Gasteiger partial charge in [-0.2, -0.15) is 0 Å². The number of oxazole rings is 1. The summed E-state index contributed by atoms with van der Waals surface area (Å²) in [5.41, 5.74) is 7.86. The minimum absolute atomic E-state index is 0.655. The van der Waals surface area contributed by atoms with Crippen LogP contribution >= 0.6 is 11.8 Å². The first-order valence-electron chi connectivity index (χ1n) is 3.50. The average molecular weight is 180 g/mol. The van der Waals surface area contributed by atoms with E-state index in [-0.39, 0.29) is 0 Å². The molecule has 0 unspecified atom stereocenters. The summed E-state index contributed by atoms with van der Waals surface area (Å²) in [7, 11) is 0. The Bertz CT molecular complexity index is 410. The van der Waals surface area contributed by atoms with Crippen molar-refractivity contribution in [2.45, 2.75) is 5.22 Å². The third-order valence-corrected chi connectivity index (χ3v) is 2.13. The molecule has 0 fully saturated rings. The number of anilines is 1. The van der Waals surface area contributed by atoms with Gasteiger partial charge in [-0.1, -0.05) is 17.8 Å². The Morgan fingerprint density at radius 3 is 3.00 bits per heavy atom. The van der Waals surface area contributed by atoms with E-state index in [2.05, 4.69) is 4.98 Å². The van der Waals surface area contributed by atoms with Crippen LogP contribution in [0.4, 0.5) is 5.69 Å². The predicted molar refractivity (Wildman–Crippen MR) is 50.2 cm³/mol. The highest BCUT2D eigenvalue weighted by molar-refractivity contribution is 7.98. The molecule has 62 valence electrons. The summed E-state index contributed by atoms with van der Waals surface area (Å²) in [6, 6.07) is 5.53. The Balaban J connectivity index is 2.74. The molecule has 0 saturated heterocycles. The van der Waals surface area contributed by atoms with E-state index in [0.717, 1.165) is 11.1 Å². The van der Waals surface area contributed by atoms with Crippen LogP contribution in [0, 0.1) is 0 Å². The van der Waals surface area contributed by atoms with Gasteiger partial charge in [0.2, 0.25) is 0 Å². The largest absolute Gasteiger partial charge is 0.431 e. The number of nitrogen functional groups attached to an aromatic ring is 1. The van der Waals surface area contributed by atoms with Crippen molar-refractivity contribution in [1.82, 2.24) is 4.98 Å². The van der Waals surface area contributed by atoms with E-state index in [9.17, 15) is 0 Å². The second-order valence-electron chi connectivity index (χ2n) is 2.38. The standard InChI is InChI=1S/C8H8N2OS/c1-12-8-10-7-5(9)3-2-4-6(7)11-8/h2-4H,9H2,1H3. The number of hydrogen-bond acceptors (Lipinski definition) is 4. The van der Waals surface area contributed by atoms with Crippen LogP contribution in [0.2, 0.25) is 0 Å². The summed E-state index contributed by atoms with van der Waals surface area (Å²) in [6.45, 7) is 0. The zero-order chi connectivity index (χ0) is 8.55. The second kappa shape index (κ2) is 2.71. The van der Waals surface area contributed by atoms with Crippen LogP contribution in [0.5, 0.6) is 0 Å². The lowest BCUT2D eigenvalue weighted by Crippen LogP contribution is -1.84. The number of para-hydroxylation sites is 1. The maximum Gasteiger partial charge on any atom is 0.256 e. The fraction of sp³-hybridized carbons (Fsp3) is 0.125. The van der Waals surface area contributed by atoms with E-state index in [0.29, 0.717) is 10.9 Å². The molecule has 0 aliphatic rings. The van der Waals surface area contributed by atoms with Crippen LogP contribution in [0.15, 0.2) is 27.8 Å². The van der Waals surface area contributed by atoms with Gasteiger partial charge in [-0.15, -0.1) is 0 Å². The van der Waals surface area contributed by atoms with Crippen LogP contribution in [0.25, 0.3) is 11.1 Å². The number of hydrogen-bond donors (Lipinski definition) is 1.